The molecular formula is C15H14F3N3O3. The number of hydrogen-bond donors (Lipinski definition) is 0. The molecule has 0 radical (unpaired) electrons. The second kappa shape index (κ2) is 6.60. The molecule has 6 nitrogen and oxygen atoms in total. The highest BCUT2D eigenvalue weighted by Gasteiger charge is 2.49. The van der Waals surface area contributed by atoms with Gasteiger partial charge in [-0.1, -0.05) is 0 Å². The van der Waals surface area contributed by atoms with E-state index in [1.807, 2.05) is 0 Å². The number of carbonyl (C=O) groups is 1. The van der Waals surface area contributed by atoms with E-state index < -0.39 is 24.2 Å². The van der Waals surface area contributed by atoms with Gasteiger partial charge < -0.3 is 9.47 Å². The summed E-state index contributed by atoms with van der Waals surface area (Å²) in [6.07, 6.45) is -0.716. The Kier molecular flexibility index (Phi) is 4.52. The highest BCUT2D eigenvalue weighted by Crippen LogP contribution is 2.33. The summed E-state index contributed by atoms with van der Waals surface area (Å²) < 4.78 is 50.7. The van der Waals surface area contributed by atoms with Gasteiger partial charge in [0.2, 0.25) is 6.10 Å². The fraction of sp³-hybridized carbons (Fsp3) is 0.400. The van der Waals surface area contributed by atoms with Crippen molar-refractivity contribution in [2.24, 2.45) is 5.92 Å². The zero-order chi connectivity index (χ0) is 17.2. The van der Waals surface area contributed by atoms with Crippen molar-refractivity contribution < 1.29 is 27.4 Å². The predicted octanol–water partition coefficient (Wildman–Crippen LogP) is 2.39. The van der Waals surface area contributed by atoms with Gasteiger partial charge in [-0.05, 0) is 18.6 Å². The molecule has 0 spiro atoms. The quantitative estimate of drug-likeness (QED) is 0.799. The smallest absolute Gasteiger partial charge is 0.425 e. The molecular weight excluding hydrogens is 327 g/mol. The number of alkyl halides is 3. The number of aromatic nitrogens is 3. The first-order chi connectivity index (χ1) is 11.4. The fourth-order valence-corrected chi connectivity index (χ4v) is 2.46. The standard InChI is InChI=1S/C15H14F3N3O3/c16-15(17,18)13(11-3-6-23-8-11)24-14(22)10-1-2-12(20-7-10)21-5-4-19-9-21/h1-2,4-5,7,9,11,13H,3,6,8H2. The van der Waals surface area contributed by atoms with Gasteiger partial charge in [-0.3, -0.25) is 4.57 Å². The van der Waals surface area contributed by atoms with Crippen LogP contribution in [0.1, 0.15) is 16.8 Å². The summed E-state index contributed by atoms with van der Waals surface area (Å²) >= 11 is 0. The van der Waals surface area contributed by atoms with Crippen molar-refractivity contribution in [1.82, 2.24) is 14.5 Å². The van der Waals surface area contributed by atoms with Gasteiger partial charge in [-0.2, -0.15) is 13.2 Å². The number of pyridine rings is 1. The Balaban J connectivity index is 1.73. The van der Waals surface area contributed by atoms with Crippen LogP contribution >= 0.6 is 0 Å². The van der Waals surface area contributed by atoms with E-state index in [-0.39, 0.29) is 25.2 Å². The molecule has 9 heteroatoms. The van der Waals surface area contributed by atoms with Gasteiger partial charge in [0.1, 0.15) is 12.1 Å². The molecule has 0 N–H and O–H groups in total. The molecule has 2 unspecified atom stereocenters. The number of nitrogens with zero attached hydrogens (tertiary/aromatic N) is 3. The second-order valence-corrected chi connectivity index (χ2v) is 5.37. The number of imidazole rings is 1. The minimum absolute atomic E-state index is 0.0490. The summed E-state index contributed by atoms with van der Waals surface area (Å²) in [6, 6.07) is 2.86. The van der Waals surface area contributed by atoms with Gasteiger partial charge in [-0.25, -0.2) is 14.8 Å². The van der Waals surface area contributed by atoms with Gasteiger partial charge in [-0.15, -0.1) is 0 Å². The van der Waals surface area contributed by atoms with Crippen molar-refractivity contribution in [3.05, 3.63) is 42.6 Å². The maximum absolute atomic E-state index is 13.1. The van der Waals surface area contributed by atoms with Crippen LogP contribution in [0.2, 0.25) is 0 Å². The third-order valence-corrected chi connectivity index (χ3v) is 3.70. The molecule has 2 aromatic heterocycles. The van der Waals surface area contributed by atoms with E-state index in [0.29, 0.717) is 5.82 Å². The normalized spacial score (nSPS) is 19.2. The summed E-state index contributed by atoms with van der Waals surface area (Å²) in [5, 5.41) is 0. The van der Waals surface area contributed by atoms with Gasteiger partial charge in [0.25, 0.3) is 0 Å². The molecule has 0 aliphatic carbocycles. The predicted molar refractivity (Wildman–Crippen MR) is 75.5 cm³/mol. The van der Waals surface area contributed by atoms with Crippen LogP contribution in [0.5, 0.6) is 0 Å². The van der Waals surface area contributed by atoms with Crippen molar-refractivity contribution in [2.75, 3.05) is 13.2 Å². The molecule has 3 rings (SSSR count). The third kappa shape index (κ3) is 3.56. The van der Waals surface area contributed by atoms with Crippen molar-refractivity contribution in [2.45, 2.75) is 18.7 Å². The van der Waals surface area contributed by atoms with Crippen LogP contribution in [0.3, 0.4) is 0 Å². The van der Waals surface area contributed by atoms with Crippen LogP contribution in [0.25, 0.3) is 5.82 Å². The zero-order valence-electron chi connectivity index (χ0n) is 12.4. The summed E-state index contributed by atoms with van der Waals surface area (Å²) in [5.74, 6) is -1.46. The summed E-state index contributed by atoms with van der Waals surface area (Å²) in [7, 11) is 0. The molecule has 0 amide bonds. The maximum Gasteiger partial charge on any atom is 0.425 e. The molecule has 24 heavy (non-hydrogen) atoms. The first kappa shape index (κ1) is 16.4. The minimum Gasteiger partial charge on any atom is -0.449 e. The lowest BCUT2D eigenvalue weighted by Crippen LogP contribution is -2.40. The molecule has 128 valence electrons. The van der Waals surface area contributed by atoms with Crippen molar-refractivity contribution >= 4 is 5.97 Å². The first-order valence-corrected chi connectivity index (χ1v) is 7.25. The Labute approximate surface area is 135 Å². The minimum atomic E-state index is -4.64. The molecule has 1 fully saturated rings. The second-order valence-electron chi connectivity index (χ2n) is 5.37. The number of esters is 1. The largest absolute Gasteiger partial charge is 0.449 e. The lowest BCUT2D eigenvalue weighted by molar-refractivity contribution is -0.219. The summed E-state index contributed by atoms with van der Waals surface area (Å²) in [5.41, 5.74) is -0.0490. The van der Waals surface area contributed by atoms with E-state index in [2.05, 4.69) is 9.97 Å². The molecule has 2 atom stereocenters. The average Bonchev–Trinajstić information content (AvgIpc) is 3.24. The molecule has 0 bridgehead atoms. The zero-order valence-corrected chi connectivity index (χ0v) is 12.4. The van der Waals surface area contributed by atoms with Gasteiger partial charge in [0.15, 0.2) is 0 Å². The highest BCUT2D eigenvalue weighted by molar-refractivity contribution is 5.89. The molecule has 1 saturated heterocycles. The van der Waals surface area contributed by atoms with Crippen LogP contribution in [0.4, 0.5) is 13.2 Å². The molecule has 3 heterocycles. The number of halogens is 3. The fourth-order valence-electron chi connectivity index (χ4n) is 2.46. The molecule has 2 aromatic rings. The number of hydrogen-bond acceptors (Lipinski definition) is 5. The Morgan fingerprint density at radius 3 is 2.79 bits per heavy atom. The third-order valence-electron chi connectivity index (χ3n) is 3.70. The Morgan fingerprint density at radius 1 is 1.42 bits per heavy atom. The summed E-state index contributed by atoms with van der Waals surface area (Å²) in [4.78, 5) is 19.9. The molecule has 0 saturated carbocycles. The highest BCUT2D eigenvalue weighted by atomic mass is 19.4. The number of carbonyl (C=O) groups excluding carboxylic acids is 1. The van der Waals surface area contributed by atoms with Crippen molar-refractivity contribution in [1.29, 1.82) is 0 Å². The molecule has 0 aromatic carbocycles. The van der Waals surface area contributed by atoms with E-state index in [1.165, 1.54) is 24.7 Å². The SMILES string of the molecule is O=C(OC(C1CCOC1)C(F)(F)F)c1ccc(-n2ccnc2)nc1. The lowest BCUT2D eigenvalue weighted by atomic mass is 10.0. The van der Waals surface area contributed by atoms with Crippen LogP contribution in [0, 0.1) is 5.92 Å². The molecule has 1 aliphatic heterocycles. The van der Waals surface area contributed by atoms with Gasteiger partial charge in [0.05, 0.1) is 12.2 Å². The topological polar surface area (TPSA) is 66.2 Å². The Bertz CT molecular complexity index is 680. The van der Waals surface area contributed by atoms with Crippen LogP contribution in [0.15, 0.2) is 37.1 Å². The molecule has 1 aliphatic rings. The van der Waals surface area contributed by atoms with Gasteiger partial charge in [0, 0.05) is 31.1 Å². The summed E-state index contributed by atoms with van der Waals surface area (Å²) in [6.45, 7) is 0.158. The van der Waals surface area contributed by atoms with Crippen molar-refractivity contribution in [3.8, 4) is 5.82 Å². The van der Waals surface area contributed by atoms with Crippen LogP contribution in [-0.4, -0.2) is 46.0 Å². The van der Waals surface area contributed by atoms with E-state index in [9.17, 15) is 18.0 Å². The van der Waals surface area contributed by atoms with E-state index in [1.54, 1.807) is 17.0 Å². The van der Waals surface area contributed by atoms with Gasteiger partial charge >= 0.3 is 12.1 Å². The van der Waals surface area contributed by atoms with Crippen molar-refractivity contribution in [3.63, 3.8) is 0 Å². The maximum atomic E-state index is 13.1. The van der Waals surface area contributed by atoms with E-state index >= 15 is 0 Å². The lowest BCUT2D eigenvalue weighted by Gasteiger charge is -2.24. The number of rotatable bonds is 4. The average molecular weight is 341 g/mol. The Morgan fingerprint density at radius 2 is 2.25 bits per heavy atom. The van der Waals surface area contributed by atoms with E-state index in [4.69, 9.17) is 9.47 Å². The van der Waals surface area contributed by atoms with Crippen LogP contribution < -0.4 is 0 Å². The Hall–Kier alpha value is -2.42. The first-order valence-electron chi connectivity index (χ1n) is 7.25. The van der Waals surface area contributed by atoms with E-state index in [0.717, 1.165) is 0 Å². The van der Waals surface area contributed by atoms with Crippen LogP contribution in [-0.2, 0) is 9.47 Å². The number of ether oxygens (including phenoxy) is 2. The monoisotopic (exact) mass is 341 g/mol.